The summed E-state index contributed by atoms with van der Waals surface area (Å²) in [4.78, 5) is 18.6. The largest absolute Gasteiger partial charge is 0.334 e. The van der Waals surface area contributed by atoms with Crippen molar-refractivity contribution in [3.8, 4) is 5.69 Å². The molecular formula is C16H22ClN5O. The average molecular weight is 336 g/mol. The zero-order chi connectivity index (χ0) is 15.5. The Morgan fingerprint density at radius 3 is 2.70 bits per heavy atom. The van der Waals surface area contributed by atoms with Crippen LogP contribution in [0.4, 0.5) is 0 Å². The molecular weight excluding hydrogens is 314 g/mol. The van der Waals surface area contributed by atoms with Crippen molar-refractivity contribution in [2.24, 2.45) is 11.7 Å². The van der Waals surface area contributed by atoms with Crippen molar-refractivity contribution in [3.05, 3.63) is 42.5 Å². The summed E-state index contributed by atoms with van der Waals surface area (Å²) in [6.07, 6.45) is 5.14. The predicted octanol–water partition coefficient (Wildman–Crippen LogP) is 1.89. The van der Waals surface area contributed by atoms with Crippen LogP contribution in [0.15, 0.2) is 36.9 Å². The molecule has 1 aliphatic heterocycles. The van der Waals surface area contributed by atoms with Gasteiger partial charge in [0.1, 0.15) is 12.7 Å². The molecule has 124 valence electrons. The standard InChI is InChI=1S/C16H21N5O.ClH/c1-12-6-7-20(15(8-12)9-17)16(22)13-2-4-14(5-3-13)21-11-18-10-19-21;/h2-5,10-12,15H,6-9,17H2,1H3;1H. The molecule has 0 spiro atoms. The lowest BCUT2D eigenvalue weighted by atomic mass is 9.92. The van der Waals surface area contributed by atoms with Crippen molar-refractivity contribution in [1.29, 1.82) is 0 Å². The highest BCUT2D eigenvalue weighted by Gasteiger charge is 2.29. The monoisotopic (exact) mass is 335 g/mol. The van der Waals surface area contributed by atoms with Crippen molar-refractivity contribution in [3.63, 3.8) is 0 Å². The Balaban J connectivity index is 0.00000192. The lowest BCUT2D eigenvalue weighted by molar-refractivity contribution is 0.0573. The van der Waals surface area contributed by atoms with E-state index < -0.39 is 0 Å². The molecule has 23 heavy (non-hydrogen) atoms. The van der Waals surface area contributed by atoms with E-state index in [1.165, 1.54) is 6.33 Å². The van der Waals surface area contributed by atoms with Gasteiger partial charge in [0.15, 0.2) is 0 Å². The zero-order valence-electron chi connectivity index (χ0n) is 13.1. The maximum Gasteiger partial charge on any atom is 0.254 e. The average Bonchev–Trinajstić information content (AvgIpc) is 3.08. The number of carbonyl (C=O) groups is 1. The van der Waals surface area contributed by atoms with Gasteiger partial charge >= 0.3 is 0 Å². The van der Waals surface area contributed by atoms with Gasteiger partial charge in [-0.05, 0) is 43.0 Å². The van der Waals surface area contributed by atoms with Crippen LogP contribution in [0, 0.1) is 5.92 Å². The highest BCUT2D eigenvalue weighted by Crippen LogP contribution is 2.24. The molecule has 3 rings (SSSR count). The van der Waals surface area contributed by atoms with Crippen LogP contribution >= 0.6 is 12.4 Å². The number of nitrogens with zero attached hydrogens (tertiary/aromatic N) is 4. The number of amides is 1. The van der Waals surface area contributed by atoms with Gasteiger partial charge in [0, 0.05) is 24.7 Å². The van der Waals surface area contributed by atoms with Crippen molar-refractivity contribution < 1.29 is 4.79 Å². The van der Waals surface area contributed by atoms with E-state index in [1.54, 1.807) is 11.0 Å². The topological polar surface area (TPSA) is 77.0 Å². The van der Waals surface area contributed by atoms with Crippen LogP contribution in [-0.2, 0) is 0 Å². The van der Waals surface area contributed by atoms with E-state index in [-0.39, 0.29) is 24.4 Å². The summed E-state index contributed by atoms with van der Waals surface area (Å²) in [5.41, 5.74) is 7.42. The van der Waals surface area contributed by atoms with Crippen molar-refractivity contribution in [2.45, 2.75) is 25.8 Å². The van der Waals surface area contributed by atoms with E-state index in [0.29, 0.717) is 18.0 Å². The number of halogens is 1. The van der Waals surface area contributed by atoms with E-state index in [1.807, 2.05) is 29.2 Å². The minimum absolute atomic E-state index is 0. The van der Waals surface area contributed by atoms with Gasteiger partial charge in [0.05, 0.1) is 5.69 Å². The molecule has 1 aliphatic rings. The molecule has 2 unspecified atom stereocenters. The Labute approximate surface area is 142 Å². The fourth-order valence-corrected chi connectivity index (χ4v) is 3.01. The maximum absolute atomic E-state index is 12.7. The molecule has 0 saturated carbocycles. The van der Waals surface area contributed by atoms with E-state index in [2.05, 4.69) is 17.0 Å². The van der Waals surface area contributed by atoms with Gasteiger partial charge in [0.25, 0.3) is 5.91 Å². The number of hydrogen-bond donors (Lipinski definition) is 1. The molecule has 1 aromatic carbocycles. The molecule has 2 heterocycles. The van der Waals surface area contributed by atoms with Crippen LogP contribution in [0.1, 0.15) is 30.1 Å². The lowest BCUT2D eigenvalue weighted by Gasteiger charge is -2.38. The van der Waals surface area contributed by atoms with Crippen LogP contribution in [-0.4, -0.2) is 44.7 Å². The summed E-state index contributed by atoms with van der Waals surface area (Å²) in [6.45, 7) is 3.53. The van der Waals surface area contributed by atoms with Gasteiger partial charge < -0.3 is 10.6 Å². The molecule has 2 N–H and O–H groups in total. The Morgan fingerprint density at radius 1 is 1.35 bits per heavy atom. The van der Waals surface area contributed by atoms with E-state index in [9.17, 15) is 4.79 Å². The molecule has 2 aromatic rings. The normalized spacial score (nSPS) is 20.9. The van der Waals surface area contributed by atoms with Crippen LogP contribution < -0.4 is 5.73 Å². The summed E-state index contributed by atoms with van der Waals surface area (Å²) >= 11 is 0. The summed E-state index contributed by atoms with van der Waals surface area (Å²) < 4.78 is 1.67. The first-order valence-electron chi connectivity index (χ1n) is 7.65. The SMILES string of the molecule is CC1CCN(C(=O)c2ccc(-n3cncn3)cc2)C(CN)C1.Cl. The number of aromatic nitrogens is 3. The Bertz CT molecular complexity index is 628. The van der Waals surface area contributed by atoms with Crippen LogP contribution in [0.5, 0.6) is 0 Å². The lowest BCUT2D eigenvalue weighted by Crippen LogP contribution is -2.49. The molecule has 0 radical (unpaired) electrons. The molecule has 0 aliphatic carbocycles. The van der Waals surface area contributed by atoms with Gasteiger partial charge in [-0.3, -0.25) is 4.79 Å². The highest BCUT2D eigenvalue weighted by molar-refractivity contribution is 5.94. The van der Waals surface area contributed by atoms with Crippen molar-refractivity contribution in [2.75, 3.05) is 13.1 Å². The van der Waals surface area contributed by atoms with Gasteiger partial charge in [-0.15, -0.1) is 12.4 Å². The quantitative estimate of drug-likeness (QED) is 0.929. The van der Waals surface area contributed by atoms with Gasteiger partial charge in [-0.1, -0.05) is 6.92 Å². The molecule has 0 bridgehead atoms. The number of nitrogens with two attached hydrogens (primary N) is 1. The second-order valence-electron chi connectivity index (χ2n) is 5.90. The van der Waals surface area contributed by atoms with Gasteiger partial charge in [-0.25, -0.2) is 9.67 Å². The molecule has 1 aromatic heterocycles. The summed E-state index contributed by atoms with van der Waals surface area (Å²) in [6, 6.07) is 7.58. The maximum atomic E-state index is 12.7. The zero-order valence-corrected chi connectivity index (χ0v) is 13.9. The third kappa shape index (κ3) is 3.71. The smallest absolute Gasteiger partial charge is 0.254 e. The summed E-state index contributed by atoms with van der Waals surface area (Å²) in [7, 11) is 0. The van der Waals surface area contributed by atoms with Crippen LogP contribution in [0.2, 0.25) is 0 Å². The minimum atomic E-state index is 0. The molecule has 2 atom stereocenters. The van der Waals surface area contributed by atoms with Crippen molar-refractivity contribution in [1.82, 2.24) is 19.7 Å². The Morgan fingerprint density at radius 2 is 2.09 bits per heavy atom. The molecule has 1 amide bonds. The van der Waals surface area contributed by atoms with E-state index in [0.717, 1.165) is 25.1 Å². The second-order valence-corrected chi connectivity index (χ2v) is 5.90. The Kier molecular flexibility index (Phi) is 5.74. The summed E-state index contributed by atoms with van der Waals surface area (Å²) in [5.74, 6) is 0.694. The van der Waals surface area contributed by atoms with E-state index in [4.69, 9.17) is 5.73 Å². The number of carbonyl (C=O) groups excluding carboxylic acids is 1. The Hall–Kier alpha value is -1.92. The first-order valence-corrected chi connectivity index (χ1v) is 7.65. The molecule has 1 fully saturated rings. The third-order valence-electron chi connectivity index (χ3n) is 4.31. The molecule has 1 saturated heterocycles. The number of likely N-dealkylation sites (tertiary alicyclic amines) is 1. The first kappa shape index (κ1) is 17.4. The van der Waals surface area contributed by atoms with E-state index >= 15 is 0 Å². The fourth-order valence-electron chi connectivity index (χ4n) is 3.01. The van der Waals surface area contributed by atoms with Gasteiger partial charge in [-0.2, -0.15) is 5.10 Å². The minimum Gasteiger partial charge on any atom is -0.334 e. The second kappa shape index (κ2) is 7.57. The fraction of sp³-hybridized carbons (Fsp3) is 0.438. The predicted molar refractivity (Wildman–Crippen MR) is 90.9 cm³/mol. The number of benzene rings is 1. The third-order valence-corrected chi connectivity index (χ3v) is 4.31. The highest BCUT2D eigenvalue weighted by atomic mass is 35.5. The van der Waals surface area contributed by atoms with Crippen molar-refractivity contribution >= 4 is 18.3 Å². The number of piperidine rings is 1. The number of hydrogen-bond acceptors (Lipinski definition) is 4. The molecule has 7 heteroatoms. The first-order chi connectivity index (χ1) is 10.7. The van der Waals surface area contributed by atoms with Crippen LogP contribution in [0.3, 0.4) is 0 Å². The molecule has 6 nitrogen and oxygen atoms in total. The summed E-state index contributed by atoms with van der Waals surface area (Å²) in [5, 5.41) is 4.08. The van der Waals surface area contributed by atoms with Crippen LogP contribution in [0.25, 0.3) is 5.69 Å². The van der Waals surface area contributed by atoms with Gasteiger partial charge in [0.2, 0.25) is 0 Å². The number of rotatable bonds is 3.